The Balaban J connectivity index is 1.58. The maximum atomic E-state index is 11.7. The molecule has 0 aromatic heterocycles. The molecule has 4 heteroatoms. The van der Waals surface area contributed by atoms with Gasteiger partial charge in [0.05, 0.1) is 11.2 Å². The molecule has 0 aliphatic heterocycles. The zero-order chi connectivity index (χ0) is 21.2. The molecule has 3 fully saturated rings. The highest BCUT2D eigenvalue weighted by atomic mass is 16.5. The topological polar surface area (TPSA) is 66.8 Å². The lowest BCUT2D eigenvalue weighted by molar-refractivity contribution is -0.154. The molecule has 0 heterocycles. The molecule has 164 valence electrons. The quantitative estimate of drug-likeness (QED) is 0.525. The summed E-state index contributed by atoms with van der Waals surface area (Å²) in [5, 5.41) is 22.1. The fourth-order valence-corrected chi connectivity index (χ4v) is 8.08. The Morgan fingerprint density at radius 2 is 1.86 bits per heavy atom. The first-order valence-corrected chi connectivity index (χ1v) is 11.7. The number of carbonyl (C=O) groups is 1. The molecule has 0 aromatic rings. The lowest BCUT2D eigenvalue weighted by Gasteiger charge is -2.59. The van der Waals surface area contributed by atoms with Crippen molar-refractivity contribution in [3.63, 3.8) is 0 Å². The smallest absolute Gasteiger partial charge is 0.302 e. The van der Waals surface area contributed by atoms with E-state index in [1.165, 1.54) is 12.5 Å². The van der Waals surface area contributed by atoms with Gasteiger partial charge in [-0.15, -0.1) is 0 Å². The number of allylic oxidation sites excluding steroid dienone is 1. The van der Waals surface area contributed by atoms with Crippen molar-refractivity contribution in [2.75, 3.05) is 0 Å². The van der Waals surface area contributed by atoms with Crippen molar-refractivity contribution in [1.82, 2.24) is 0 Å². The Hall–Kier alpha value is -0.870. The van der Waals surface area contributed by atoms with Crippen LogP contribution in [0.1, 0.15) is 92.4 Å². The van der Waals surface area contributed by atoms with E-state index in [1.807, 2.05) is 13.8 Å². The highest BCUT2D eigenvalue weighted by molar-refractivity contribution is 5.66. The minimum Gasteiger partial charge on any atom is -0.462 e. The molecule has 0 radical (unpaired) electrons. The molecule has 0 unspecified atom stereocenters. The molecule has 4 nitrogen and oxygen atoms in total. The second kappa shape index (κ2) is 6.82. The summed E-state index contributed by atoms with van der Waals surface area (Å²) in [5.74, 6) is 1.62. The molecule has 29 heavy (non-hydrogen) atoms. The number of hydrogen-bond acceptors (Lipinski definition) is 4. The highest BCUT2D eigenvalue weighted by Crippen LogP contribution is 2.68. The molecule has 3 saturated carbocycles. The van der Waals surface area contributed by atoms with Crippen molar-refractivity contribution in [3.8, 4) is 0 Å². The number of fused-ring (bicyclic) bond motifs is 5. The molecule has 0 saturated heterocycles. The maximum Gasteiger partial charge on any atom is 0.302 e. The Bertz CT molecular complexity index is 706. The summed E-state index contributed by atoms with van der Waals surface area (Å²) >= 11 is 0. The van der Waals surface area contributed by atoms with E-state index < -0.39 is 11.2 Å². The first kappa shape index (κ1) is 21.4. The third kappa shape index (κ3) is 3.39. The molecule has 0 bridgehead atoms. The molecule has 4 rings (SSSR count). The third-order valence-corrected chi connectivity index (χ3v) is 9.44. The summed E-state index contributed by atoms with van der Waals surface area (Å²) in [4.78, 5) is 11.4. The number of aliphatic hydroxyl groups is 2. The van der Waals surface area contributed by atoms with Gasteiger partial charge in [-0.3, -0.25) is 4.79 Å². The monoisotopic (exact) mass is 404 g/mol. The summed E-state index contributed by atoms with van der Waals surface area (Å²) in [6, 6.07) is 0. The standard InChI is InChI=1S/C25H40O4/c1-16(26)29-18-8-11-23(4)17(14-18)6-7-19-20(23)9-12-24(5)21(19)10-13-25(24,28)15-22(2,3)27/h6,18-21,27-28H,7-15H2,1-5H3/t18-,19-,20+,21+,23-,24+,25+/m0/s1. The van der Waals surface area contributed by atoms with Crippen molar-refractivity contribution in [2.24, 2.45) is 28.6 Å². The summed E-state index contributed by atoms with van der Waals surface area (Å²) < 4.78 is 5.54. The fraction of sp³-hybridized carbons (Fsp3) is 0.880. The summed E-state index contributed by atoms with van der Waals surface area (Å²) in [5.41, 5.74) is -0.00403. The van der Waals surface area contributed by atoms with Crippen LogP contribution in [0.15, 0.2) is 11.6 Å². The minimum absolute atomic E-state index is 0.0422. The van der Waals surface area contributed by atoms with Gasteiger partial charge in [-0.2, -0.15) is 0 Å². The van der Waals surface area contributed by atoms with Gasteiger partial charge >= 0.3 is 5.97 Å². The van der Waals surface area contributed by atoms with E-state index in [9.17, 15) is 15.0 Å². The average Bonchev–Trinajstić information content (AvgIpc) is 2.84. The van der Waals surface area contributed by atoms with E-state index in [1.54, 1.807) is 0 Å². The van der Waals surface area contributed by atoms with Crippen LogP contribution in [-0.2, 0) is 9.53 Å². The van der Waals surface area contributed by atoms with Crippen LogP contribution in [-0.4, -0.2) is 33.5 Å². The van der Waals surface area contributed by atoms with Crippen LogP contribution in [0.4, 0.5) is 0 Å². The van der Waals surface area contributed by atoms with Crippen LogP contribution in [0.5, 0.6) is 0 Å². The van der Waals surface area contributed by atoms with E-state index in [0.29, 0.717) is 24.2 Å². The van der Waals surface area contributed by atoms with Crippen LogP contribution in [0.2, 0.25) is 0 Å². The summed E-state index contributed by atoms with van der Waals surface area (Å²) in [6.45, 7) is 9.90. The van der Waals surface area contributed by atoms with Gasteiger partial charge in [0.25, 0.3) is 0 Å². The van der Waals surface area contributed by atoms with E-state index in [-0.39, 0.29) is 22.9 Å². The van der Waals surface area contributed by atoms with Crippen LogP contribution >= 0.6 is 0 Å². The number of carbonyl (C=O) groups excluding carboxylic acids is 1. The van der Waals surface area contributed by atoms with Crippen LogP contribution in [0, 0.1) is 28.6 Å². The first-order valence-electron chi connectivity index (χ1n) is 11.7. The van der Waals surface area contributed by atoms with E-state index in [0.717, 1.165) is 51.4 Å². The fourth-order valence-electron chi connectivity index (χ4n) is 8.08. The lowest BCUT2D eigenvalue weighted by atomic mass is 9.46. The van der Waals surface area contributed by atoms with Gasteiger partial charge in [-0.05, 0) is 87.4 Å². The summed E-state index contributed by atoms with van der Waals surface area (Å²) in [7, 11) is 0. The van der Waals surface area contributed by atoms with Crippen molar-refractivity contribution in [2.45, 2.75) is 110 Å². The van der Waals surface area contributed by atoms with Gasteiger partial charge in [-0.25, -0.2) is 0 Å². The minimum atomic E-state index is -0.843. The Morgan fingerprint density at radius 1 is 1.17 bits per heavy atom. The summed E-state index contributed by atoms with van der Waals surface area (Å²) in [6.07, 6.45) is 11.1. The van der Waals surface area contributed by atoms with Crippen molar-refractivity contribution in [3.05, 3.63) is 11.6 Å². The predicted molar refractivity (Wildman–Crippen MR) is 113 cm³/mol. The van der Waals surface area contributed by atoms with Crippen LogP contribution < -0.4 is 0 Å². The zero-order valence-corrected chi connectivity index (χ0v) is 19.0. The van der Waals surface area contributed by atoms with Gasteiger partial charge in [0.1, 0.15) is 6.10 Å². The highest BCUT2D eigenvalue weighted by Gasteiger charge is 2.64. The average molecular weight is 405 g/mol. The Morgan fingerprint density at radius 3 is 2.52 bits per heavy atom. The molecule has 0 aromatic carbocycles. The van der Waals surface area contributed by atoms with Gasteiger partial charge in [0.15, 0.2) is 0 Å². The molecule has 4 aliphatic carbocycles. The normalized spacial score (nSPS) is 46.9. The van der Waals surface area contributed by atoms with Gasteiger partial charge in [-0.1, -0.05) is 25.5 Å². The van der Waals surface area contributed by atoms with Crippen molar-refractivity contribution < 1.29 is 19.7 Å². The molecule has 2 N–H and O–H groups in total. The van der Waals surface area contributed by atoms with E-state index >= 15 is 0 Å². The molecule has 4 aliphatic rings. The molecule has 7 atom stereocenters. The third-order valence-electron chi connectivity index (χ3n) is 9.44. The number of hydrogen-bond donors (Lipinski definition) is 2. The van der Waals surface area contributed by atoms with E-state index in [4.69, 9.17) is 4.74 Å². The Kier molecular flexibility index (Phi) is 5.02. The molecule has 0 spiro atoms. The molecule has 0 amide bonds. The van der Waals surface area contributed by atoms with Gasteiger partial charge in [0, 0.05) is 19.8 Å². The van der Waals surface area contributed by atoms with Crippen LogP contribution in [0.25, 0.3) is 0 Å². The van der Waals surface area contributed by atoms with Crippen molar-refractivity contribution in [1.29, 1.82) is 0 Å². The Labute approximate surface area is 176 Å². The number of rotatable bonds is 3. The van der Waals surface area contributed by atoms with Crippen LogP contribution in [0.3, 0.4) is 0 Å². The number of esters is 1. The predicted octanol–water partition coefficient (Wildman–Crippen LogP) is 4.77. The van der Waals surface area contributed by atoms with Gasteiger partial charge in [0.2, 0.25) is 0 Å². The second-order valence-electron chi connectivity index (χ2n) is 11.7. The zero-order valence-electron chi connectivity index (χ0n) is 19.0. The van der Waals surface area contributed by atoms with E-state index in [2.05, 4.69) is 19.9 Å². The SMILES string of the molecule is CC(=O)O[C@H]1CC[C@@]2(C)C(=CC[C@H]3[C@H]2CC[C@]2(C)[C@@H]3CC[C@@]2(O)CC(C)(C)O)C1. The largest absolute Gasteiger partial charge is 0.462 e. The lowest BCUT2D eigenvalue weighted by Crippen LogP contribution is -2.56. The maximum absolute atomic E-state index is 11.7. The van der Waals surface area contributed by atoms with Crippen molar-refractivity contribution >= 4 is 5.97 Å². The molecular formula is C25H40O4. The second-order valence-corrected chi connectivity index (χ2v) is 11.7. The molecular weight excluding hydrogens is 364 g/mol. The first-order chi connectivity index (χ1) is 13.4. The van der Waals surface area contributed by atoms with Gasteiger partial charge < -0.3 is 14.9 Å². The number of ether oxygens (including phenoxy) is 1.